The first-order valence-electron chi connectivity index (χ1n) is 10.6. The molecule has 0 saturated carbocycles. The van der Waals surface area contributed by atoms with Gasteiger partial charge in [0.15, 0.2) is 5.96 Å². The lowest BCUT2D eigenvalue weighted by molar-refractivity contribution is 0.263. The molecule has 1 aromatic heterocycles. The van der Waals surface area contributed by atoms with Crippen molar-refractivity contribution >= 4 is 35.9 Å². The number of ether oxygens (including phenoxy) is 1. The number of rotatable bonds is 8. The highest BCUT2D eigenvalue weighted by Gasteiger charge is 2.18. The fourth-order valence-electron chi connectivity index (χ4n) is 3.47. The zero-order valence-corrected chi connectivity index (χ0v) is 21.0. The number of aliphatic imine (C=N–C) groups is 1. The van der Waals surface area contributed by atoms with E-state index in [2.05, 4.69) is 56.1 Å². The van der Waals surface area contributed by atoms with Crippen LogP contribution in [-0.4, -0.2) is 85.7 Å². The molecule has 0 atom stereocenters. The van der Waals surface area contributed by atoms with Crippen LogP contribution in [0.3, 0.4) is 0 Å². The predicted molar refractivity (Wildman–Crippen MR) is 137 cm³/mol. The molecule has 0 spiro atoms. The number of halogens is 1. The van der Waals surface area contributed by atoms with Gasteiger partial charge in [-0.1, -0.05) is 12.1 Å². The van der Waals surface area contributed by atoms with Crippen LogP contribution in [0.15, 0.2) is 47.7 Å². The van der Waals surface area contributed by atoms with Gasteiger partial charge in [-0.05, 0) is 30.7 Å². The highest BCUT2D eigenvalue weighted by Crippen LogP contribution is 2.13. The van der Waals surface area contributed by atoms with Gasteiger partial charge in [-0.2, -0.15) is 0 Å². The van der Waals surface area contributed by atoms with E-state index >= 15 is 0 Å². The summed E-state index contributed by atoms with van der Waals surface area (Å²) in [4.78, 5) is 20.4. The Morgan fingerprint density at radius 3 is 2.42 bits per heavy atom. The van der Waals surface area contributed by atoms with Crippen molar-refractivity contribution in [2.24, 2.45) is 4.99 Å². The van der Waals surface area contributed by atoms with Crippen LogP contribution in [-0.2, 0) is 6.54 Å². The standard InChI is InChI=1S/C22H33N7O.HI/c1-4-23-21(27(2)18-19-6-8-20(30-3)9-7-19)26-12-13-28-14-16-29(17-15-28)22-24-10-5-11-25-22;/h5-11H,4,12-18H2,1-3H3,(H,23,26);1H. The lowest BCUT2D eigenvalue weighted by Crippen LogP contribution is -2.47. The van der Waals surface area contributed by atoms with Gasteiger partial charge >= 0.3 is 0 Å². The summed E-state index contributed by atoms with van der Waals surface area (Å²) in [5.74, 6) is 2.63. The Bertz CT molecular complexity index is 780. The molecule has 3 rings (SSSR count). The number of guanidine groups is 1. The van der Waals surface area contributed by atoms with Gasteiger partial charge in [0.05, 0.1) is 13.7 Å². The summed E-state index contributed by atoms with van der Waals surface area (Å²) in [7, 11) is 3.76. The summed E-state index contributed by atoms with van der Waals surface area (Å²) in [5.41, 5.74) is 1.23. The molecule has 1 aliphatic heterocycles. The van der Waals surface area contributed by atoms with Gasteiger partial charge in [0.2, 0.25) is 5.95 Å². The Balaban J connectivity index is 0.00000341. The van der Waals surface area contributed by atoms with Crippen LogP contribution in [0, 0.1) is 0 Å². The molecule has 1 aromatic carbocycles. The molecule has 31 heavy (non-hydrogen) atoms. The van der Waals surface area contributed by atoms with Crippen LogP contribution in [0.1, 0.15) is 12.5 Å². The fraction of sp³-hybridized carbons (Fsp3) is 0.500. The number of anilines is 1. The molecule has 2 aromatic rings. The second-order valence-corrected chi connectivity index (χ2v) is 7.32. The largest absolute Gasteiger partial charge is 0.497 e. The van der Waals surface area contributed by atoms with Gasteiger partial charge in [0.1, 0.15) is 5.75 Å². The number of nitrogens with zero attached hydrogens (tertiary/aromatic N) is 6. The molecule has 8 nitrogen and oxygen atoms in total. The molecule has 0 aliphatic carbocycles. The predicted octanol–water partition coefficient (Wildman–Crippen LogP) is 2.32. The summed E-state index contributed by atoms with van der Waals surface area (Å²) in [6, 6.07) is 10.0. The molecular formula is C22H34IN7O. The summed E-state index contributed by atoms with van der Waals surface area (Å²) < 4.78 is 5.24. The fourth-order valence-corrected chi connectivity index (χ4v) is 3.47. The van der Waals surface area contributed by atoms with Crippen molar-refractivity contribution in [1.29, 1.82) is 0 Å². The van der Waals surface area contributed by atoms with Crippen LogP contribution in [0.5, 0.6) is 5.75 Å². The molecule has 2 heterocycles. The monoisotopic (exact) mass is 539 g/mol. The number of nitrogens with one attached hydrogen (secondary N) is 1. The number of hydrogen-bond acceptors (Lipinski definition) is 6. The van der Waals surface area contributed by atoms with Gasteiger partial charge in [-0.3, -0.25) is 9.89 Å². The van der Waals surface area contributed by atoms with Crippen molar-refractivity contribution in [3.8, 4) is 5.75 Å². The molecule has 0 bridgehead atoms. The van der Waals surface area contributed by atoms with Crippen LogP contribution in [0.2, 0.25) is 0 Å². The van der Waals surface area contributed by atoms with Gasteiger partial charge in [0, 0.05) is 65.3 Å². The summed E-state index contributed by atoms with van der Waals surface area (Å²) in [5, 5.41) is 3.40. The van der Waals surface area contributed by atoms with E-state index in [0.29, 0.717) is 0 Å². The van der Waals surface area contributed by atoms with Crippen molar-refractivity contribution in [2.45, 2.75) is 13.5 Å². The normalized spacial score (nSPS) is 14.7. The Hall–Kier alpha value is -2.14. The summed E-state index contributed by atoms with van der Waals surface area (Å²) in [6.07, 6.45) is 3.60. The Kier molecular flexibility index (Phi) is 10.8. The smallest absolute Gasteiger partial charge is 0.225 e. The second-order valence-electron chi connectivity index (χ2n) is 7.32. The summed E-state index contributed by atoms with van der Waals surface area (Å²) >= 11 is 0. The van der Waals surface area contributed by atoms with Gasteiger partial charge < -0.3 is 19.9 Å². The number of methoxy groups -OCH3 is 1. The van der Waals surface area contributed by atoms with Crippen molar-refractivity contribution < 1.29 is 4.74 Å². The third-order valence-electron chi connectivity index (χ3n) is 5.16. The summed E-state index contributed by atoms with van der Waals surface area (Å²) in [6.45, 7) is 9.38. The number of benzene rings is 1. The third kappa shape index (κ3) is 7.80. The molecule has 170 valence electrons. The first-order valence-corrected chi connectivity index (χ1v) is 10.6. The molecule has 1 saturated heterocycles. The molecule has 0 amide bonds. The van der Waals surface area contributed by atoms with Crippen molar-refractivity contribution in [3.63, 3.8) is 0 Å². The van der Waals surface area contributed by atoms with Crippen LogP contribution >= 0.6 is 24.0 Å². The zero-order valence-electron chi connectivity index (χ0n) is 18.7. The van der Waals surface area contributed by atoms with E-state index in [0.717, 1.165) is 70.0 Å². The second kappa shape index (κ2) is 13.3. The maximum Gasteiger partial charge on any atom is 0.225 e. The molecular weight excluding hydrogens is 505 g/mol. The maximum atomic E-state index is 5.24. The van der Waals surface area contributed by atoms with Crippen molar-refractivity contribution in [1.82, 2.24) is 25.1 Å². The minimum atomic E-state index is 0. The highest BCUT2D eigenvalue weighted by atomic mass is 127. The van der Waals surface area contributed by atoms with E-state index in [1.165, 1.54) is 5.56 Å². The third-order valence-corrected chi connectivity index (χ3v) is 5.16. The zero-order chi connectivity index (χ0) is 21.2. The lowest BCUT2D eigenvalue weighted by Gasteiger charge is -2.34. The minimum Gasteiger partial charge on any atom is -0.497 e. The Labute approximate surface area is 202 Å². The molecule has 1 N–H and O–H groups in total. The molecule has 0 radical (unpaired) electrons. The topological polar surface area (TPSA) is 69.1 Å². The average molecular weight is 539 g/mol. The van der Waals surface area contributed by atoms with E-state index in [-0.39, 0.29) is 24.0 Å². The first-order chi connectivity index (χ1) is 14.7. The highest BCUT2D eigenvalue weighted by molar-refractivity contribution is 14.0. The molecule has 0 unspecified atom stereocenters. The number of aromatic nitrogens is 2. The van der Waals surface area contributed by atoms with E-state index in [1.807, 2.05) is 18.2 Å². The first kappa shape index (κ1) is 25.1. The van der Waals surface area contributed by atoms with E-state index in [9.17, 15) is 0 Å². The number of piperazine rings is 1. The van der Waals surface area contributed by atoms with Crippen molar-refractivity contribution in [3.05, 3.63) is 48.3 Å². The van der Waals surface area contributed by atoms with E-state index < -0.39 is 0 Å². The number of hydrogen-bond donors (Lipinski definition) is 1. The SMILES string of the molecule is CCNC(=NCCN1CCN(c2ncccn2)CC1)N(C)Cc1ccc(OC)cc1.I. The minimum absolute atomic E-state index is 0. The van der Waals surface area contributed by atoms with E-state index in [4.69, 9.17) is 9.73 Å². The molecule has 1 fully saturated rings. The van der Waals surface area contributed by atoms with Crippen LogP contribution < -0.4 is 15.0 Å². The lowest BCUT2D eigenvalue weighted by atomic mass is 10.2. The Morgan fingerprint density at radius 1 is 1.13 bits per heavy atom. The average Bonchev–Trinajstić information content (AvgIpc) is 2.80. The van der Waals surface area contributed by atoms with Gasteiger partial charge in [0.25, 0.3) is 0 Å². The Morgan fingerprint density at radius 2 is 1.81 bits per heavy atom. The van der Waals surface area contributed by atoms with E-state index in [1.54, 1.807) is 19.5 Å². The quantitative estimate of drug-likeness (QED) is 0.314. The maximum absolute atomic E-state index is 5.24. The van der Waals surface area contributed by atoms with Gasteiger partial charge in [-0.15, -0.1) is 24.0 Å². The molecule has 9 heteroatoms. The molecule has 1 aliphatic rings. The van der Waals surface area contributed by atoms with Crippen molar-refractivity contribution in [2.75, 3.05) is 64.9 Å². The van der Waals surface area contributed by atoms with Crippen LogP contribution in [0.4, 0.5) is 5.95 Å². The van der Waals surface area contributed by atoms with Gasteiger partial charge in [-0.25, -0.2) is 9.97 Å². The van der Waals surface area contributed by atoms with Crippen LogP contribution in [0.25, 0.3) is 0 Å².